The second-order valence-electron chi connectivity index (χ2n) is 10.6. The quantitative estimate of drug-likeness (QED) is 0.307. The fourth-order valence-electron chi connectivity index (χ4n) is 5.37. The molecule has 2 aromatic heterocycles. The Balaban J connectivity index is 1.15. The fraction of sp³-hybridized carbons (Fsp3) is 0.367. The minimum absolute atomic E-state index is 0.0640. The Labute approximate surface area is 245 Å². The van der Waals surface area contributed by atoms with Crippen molar-refractivity contribution in [1.82, 2.24) is 24.4 Å². The van der Waals surface area contributed by atoms with Crippen LogP contribution in [-0.4, -0.2) is 74.4 Å². The Morgan fingerprint density at radius 2 is 1.95 bits per heavy atom. The van der Waals surface area contributed by atoms with Crippen molar-refractivity contribution in [1.29, 1.82) is 5.26 Å². The van der Waals surface area contributed by atoms with Crippen molar-refractivity contribution >= 4 is 23.0 Å². The van der Waals surface area contributed by atoms with Gasteiger partial charge in [-0.1, -0.05) is 6.07 Å². The average molecular weight is 590 g/mol. The molecule has 11 nitrogen and oxygen atoms in total. The van der Waals surface area contributed by atoms with E-state index in [-0.39, 0.29) is 41.3 Å². The third-order valence-electron chi connectivity index (χ3n) is 7.97. The maximum absolute atomic E-state index is 14.5. The lowest BCUT2D eigenvalue weighted by atomic mass is 10.1. The molecule has 6 rings (SSSR count). The standard InChI is InChI=1S/C30H29F2N7O4/c1-18(27-35-25-5-4-20(29(40)41)13-26(25)39(27)16-22-6-11-42-22)37-7-9-38(10-8-37)30-34-15-24(32)28(36-30)43-17-21-3-2-19(14-33)12-23(21)31/h2-5,12-13,15,18,22H,6-11,16-17H2,1H3,(H,40,41)/t18-,22?/m0/s1. The van der Waals surface area contributed by atoms with Crippen LogP contribution in [0.3, 0.4) is 0 Å². The van der Waals surface area contributed by atoms with Gasteiger partial charge in [-0.3, -0.25) is 4.90 Å². The SMILES string of the molecule is C[C@@H](c1nc2ccc(C(=O)O)cc2n1CC1CCO1)N1CCN(c2ncc(F)c(OCc3ccc(C#N)cc3F)n2)CC1. The smallest absolute Gasteiger partial charge is 0.335 e. The number of carbonyl (C=O) groups is 1. The summed E-state index contributed by atoms with van der Waals surface area (Å²) in [5.41, 5.74) is 2.07. The maximum atomic E-state index is 14.5. The van der Waals surface area contributed by atoms with Crippen molar-refractivity contribution in [2.45, 2.75) is 38.6 Å². The maximum Gasteiger partial charge on any atom is 0.335 e. The fourth-order valence-corrected chi connectivity index (χ4v) is 5.37. The van der Waals surface area contributed by atoms with E-state index in [2.05, 4.69) is 26.4 Å². The van der Waals surface area contributed by atoms with E-state index in [4.69, 9.17) is 19.7 Å². The summed E-state index contributed by atoms with van der Waals surface area (Å²) < 4.78 is 42.0. The van der Waals surface area contributed by atoms with E-state index in [1.54, 1.807) is 18.2 Å². The number of imidazole rings is 1. The number of carboxylic acids is 1. The van der Waals surface area contributed by atoms with Crippen molar-refractivity contribution in [3.63, 3.8) is 0 Å². The van der Waals surface area contributed by atoms with Crippen molar-refractivity contribution in [3.8, 4) is 11.9 Å². The minimum atomic E-state index is -0.988. The van der Waals surface area contributed by atoms with Crippen LogP contribution in [0.5, 0.6) is 5.88 Å². The van der Waals surface area contributed by atoms with Crippen LogP contribution < -0.4 is 9.64 Å². The summed E-state index contributed by atoms with van der Waals surface area (Å²) in [5.74, 6) is -1.50. The predicted octanol–water partition coefficient (Wildman–Crippen LogP) is 3.93. The average Bonchev–Trinajstić information content (AvgIpc) is 3.36. The number of hydrogen-bond donors (Lipinski definition) is 1. The molecular weight excluding hydrogens is 560 g/mol. The third kappa shape index (κ3) is 5.84. The number of anilines is 1. The van der Waals surface area contributed by atoms with E-state index in [0.717, 1.165) is 42.1 Å². The highest BCUT2D eigenvalue weighted by atomic mass is 19.1. The summed E-state index contributed by atoms with van der Waals surface area (Å²) in [6.07, 6.45) is 2.04. The lowest BCUT2D eigenvalue weighted by molar-refractivity contribution is -0.0594. The molecule has 1 unspecified atom stereocenters. The van der Waals surface area contributed by atoms with Crippen molar-refractivity contribution in [2.24, 2.45) is 0 Å². The van der Waals surface area contributed by atoms with Gasteiger partial charge in [0.1, 0.15) is 18.2 Å². The summed E-state index contributed by atoms with van der Waals surface area (Å²) in [5, 5.41) is 18.4. The number of rotatable bonds is 9. The van der Waals surface area contributed by atoms with Gasteiger partial charge in [0.15, 0.2) is 0 Å². The zero-order chi connectivity index (χ0) is 30.1. The molecule has 1 N–H and O–H groups in total. The van der Waals surface area contributed by atoms with Gasteiger partial charge in [-0.25, -0.2) is 19.2 Å². The second-order valence-corrected chi connectivity index (χ2v) is 10.6. The van der Waals surface area contributed by atoms with Crippen LogP contribution in [0.1, 0.15) is 46.7 Å². The zero-order valence-corrected chi connectivity index (χ0v) is 23.4. The van der Waals surface area contributed by atoms with E-state index < -0.39 is 17.6 Å². The van der Waals surface area contributed by atoms with E-state index >= 15 is 0 Å². The van der Waals surface area contributed by atoms with Crippen molar-refractivity contribution in [2.75, 3.05) is 37.7 Å². The molecule has 2 aliphatic heterocycles. The third-order valence-corrected chi connectivity index (χ3v) is 7.97. The van der Waals surface area contributed by atoms with Crippen LogP contribution in [0.15, 0.2) is 42.6 Å². The molecule has 0 spiro atoms. The van der Waals surface area contributed by atoms with Gasteiger partial charge >= 0.3 is 5.97 Å². The van der Waals surface area contributed by atoms with Gasteiger partial charge in [0, 0.05) is 38.3 Å². The van der Waals surface area contributed by atoms with Gasteiger partial charge in [0.2, 0.25) is 11.8 Å². The number of benzene rings is 2. The first-order chi connectivity index (χ1) is 20.8. The summed E-state index contributed by atoms with van der Waals surface area (Å²) in [6, 6.07) is 10.8. The van der Waals surface area contributed by atoms with Crippen LogP contribution in [-0.2, 0) is 17.9 Å². The molecule has 0 radical (unpaired) electrons. The number of aromatic nitrogens is 4. The van der Waals surface area contributed by atoms with Crippen molar-refractivity contribution < 1.29 is 28.2 Å². The molecule has 0 saturated carbocycles. The molecular formula is C30H29F2N7O4. The Morgan fingerprint density at radius 1 is 1.16 bits per heavy atom. The zero-order valence-electron chi connectivity index (χ0n) is 23.4. The topological polar surface area (TPSA) is 130 Å². The summed E-state index contributed by atoms with van der Waals surface area (Å²) in [7, 11) is 0. The number of fused-ring (bicyclic) bond motifs is 1. The number of nitrogens with zero attached hydrogens (tertiary/aromatic N) is 7. The van der Waals surface area contributed by atoms with Gasteiger partial charge in [0.05, 0.1) is 53.1 Å². The largest absolute Gasteiger partial charge is 0.478 e. The second kappa shape index (κ2) is 11.9. The molecule has 0 bridgehead atoms. The Bertz CT molecular complexity index is 1710. The molecule has 2 fully saturated rings. The number of nitriles is 1. The van der Waals surface area contributed by atoms with Crippen LogP contribution >= 0.6 is 0 Å². The van der Waals surface area contributed by atoms with Gasteiger partial charge in [-0.05, 0) is 43.7 Å². The number of piperazine rings is 1. The highest BCUT2D eigenvalue weighted by molar-refractivity contribution is 5.92. The normalized spacial score (nSPS) is 17.8. The monoisotopic (exact) mass is 589 g/mol. The molecule has 0 amide bonds. The first-order valence-electron chi connectivity index (χ1n) is 14.0. The van der Waals surface area contributed by atoms with Gasteiger partial charge in [-0.15, -0.1) is 0 Å². The van der Waals surface area contributed by atoms with Crippen LogP contribution in [0.25, 0.3) is 11.0 Å². The van der Waals surface area contributed by atoms with E-state index in [9.17, 15) is 18.7 Å². The summed E-state index contributed by atoms with van der Waals surface area (Å²) >= 11 is 0. The predicted molar refractivity (Wildman–Crippen MR) is 151 cm³/mol. The minimum Gasteiger partial charge on any atom is -0.478 e. The molecule has 2 atom stereocenters. The molecule has 2 saturated heterocycles. The highest BCUT2D eigenvalue weighted by Crippen LogP contribution is 2.29. The van der Waals surface area contributed by atoms with E-state index in [1.807, 2.05) is 11.0 Å². The van der Waals surface area contributed by atoms with Gasteiger partial charge in [-0.2, -0.15) is 14.6 Å². The number of aromatic carboxylic acids is 1. The lowest BCUT2D eigenvalue weighted by Gasteiger charge is -2.38. The number of carboxylic acid groups (broad SMARTS) is 1. The first-order valence-corrected chi connectivity index (χ1v) is 14.0. The lowest BCUT2D eigenvalue weighted by Crippen LogP contribution is -2.48. The molecule has 13 heteroatoms. The Kier molecular flexibility index (Phi) is 7.88. The van der Waals surface area contributed by atoms with E-state index in [0.29, 0.717) is 38.7 Å². The highest BCUT2D eigenvalue weighted by Gasteiger charge is 2.29. The number of hydrogen-bond acceptors (Lipinski definition) is 9. The molecule has 43 heavy (non-hydrogen) atoms. The van der Waals surface area contributed by atoms with Crippen LogP contribution in [0, 0.1) is 23.0 Å². The molecule has 222 valence electrons. The Hall–Kier alpha value is -4.67. The Morgan fingerprint density at radius 3 is 2.63 bits per heavy atom. The molecule has 2 aromatic carbocycles. The van der Waals surface area contributed by atoms with E-state index in [1.165, 1.54) is 12.1 Å². The first kappa shape index (κ1) is 28.4. The summed E-state index contributed by atoms with van der Waals surface area (Å²) in [6.45, 7) is 5.57. The van der Waals surface area contributed by atoms with Crippen molar-refractivity contribution in [3.05, 3.63) is 76.7 Å². The van der Waals surface area contributed by atoms with Crippen LogP contribution in [0.4, 0.5) is 14.7 Å². The molecule has 4 heterocycles. The molecule has 2 aliphatic rings. The van der Waals surface area contributed by atoms with Gasteiger partial charge < -0.3 is 24.0 Å². The molecule has 0 aliphatic carbocycles. The van der Waals surface area contributed by atoms with Crippen LogP contribution in [0.2, 0.25) is 0 Å². The summed E-state index contributed by atoms with van der Waals surface area (Å²) in [4.78, 5) is 29.1. The number of halogens is 2. The number of ether oxygens (including phenoxy) is 2. The molecule has 4 aromatic rings. The van der Waals surface area contributed by atoms with Gasteiger partial charge in [0.25, 0.3) is 5.88 Å².